The molecular formula is C73H97F2N9O8Si. The smallest absolute Gasteiger partial charge is 0.410 e. The Hall–Kier alpha value is -6.92. The second kappa shape index (κ2) is 27.8. The number of nitrogens with one attached hydrogen (secondary N) is 1. The van der Waals surface area contributed by atoms with Crippen molar-refractivity contribution in [3.05, 3.63) is 82.9 Å². The number of fused-ring (bicyclic) bond motifs is 4. The first kappa shape index (κ1) is 67.5. The van der Waals surface area contributed by atoms with Gasteiger partial charge < -0.3 is 38.5 Å². The van der Waals surface area contributed by atoms with E-state index in [-0.39, 0.29) is 77.2 Å². The Labute approximate surface area is 549 Å². The monoisotopic (exact) mass is 1290 g/mol. The van der Waals surface area contributed by atoms with Gasteiger partial charge in [-0.1, -0.05) is 72.6 Å². The minimum Gasteiger partial charge on any atom is -0.468 e. The Morgan fingerprint density at radius 2 is 1.46 bits per heavy atom. The van der Waals surface area contributed by atoms with Crippen LogP contribution in [0.2, 0.25) is 16.6 Å². The van der Waals surface area contributed by atoms with Crippen molar-refractivity contribution in [2.45, 2.75) is 168 Å². The molecule has 5 aromatic rings. The van der Waals surface area contributed by atoms with Gasteiger partial charge in [0.25, 0.3) is 5.91 Å². The van der Waals surface area contributed by atoms with Crippen LogP contribution in [-0.2, 0) is 14.3 Å². The van der Waals surface area contributed by atoms with Crippen LogP contribution in [-0.4, -0.2) is 172 Å². The number of aromatic nitrogens is 2. The molecule has 0 radical (unpaired) electrons. The van der Waals surface area contributed by atoms with E-state index in [1.807, 2.05) is 61.8 Å². The highest BCUT2D eigenvalue weighted by Crippen LogP contribution is 2.48. The third-order valence-corrected chi connectivity index (χ3v) is 27.5. The minimum absolute atomic E-state index is 0.00820. The summed E-state index contributed by atoms with van der Waals surface area (Å²) in [6.07, 6.45) is 8.24. The van der Waals surface area contributed by atoms with Gasteiger partial charge in [0.1, 0.15) is 36.6 Å². The fourth-order valence-electron chi connectivity index (χ4n) is 16.3. The quantitative estimate of drug-likeness (QED) is 0.0532. The van der Waals surface area contributed by atoms with E-state index in [1.54, 1.807) is 29.2 Å². The lowest BCUT2D eigenvalue weighted by Crippen LogP contribution is -2.57. The Balaban J connectivity index is 0.771. The van der Waals surface area contributed by atoms with E-state index < -0.39 is 31.3 Å². The van der Waals surface area contributed by atoms with Crippen LogP contribution in [0.3, 0.4) is 0 Å². The van der Waals surface area contributed by atoms with Crippen LogP contribution < -0.4 is 24.6 Å². The number of carbonyl (C=O) groups excluding carboxylic acids is 4. The maximum Gasteiger partial charge on any atom is 0.410 e. The highest BCUT2D eigenvalue weighted by Gasteiger charge is 2.46. The molecule has 1 aliphatic carbocycles. The summed E-state index contributed by atoms with van der Waals surface area (Å²) in [5, 5.41) is 4.01. The number of carbonyl (C=O) groups is 4. The zero-order valence-corrected chi connectivity index (χ0v) is 57.9. The molecule has 1 saturated carbocycles. The maximum atomic E-state index is 18.3. The fourth-order valence-corrected chi connectivity index (χ4v) is 21.5. The van der Waals surface area contributed by atoms with E-state index in [1.165, 1.54) is 38.9 Å². The van der Waals surface area contributed by atoms with E-state index in [4.69, 9.17) is 28.9 Å². The number of anilines is 2. The second-order valence-corrected chi connectivity index (χ2v) is 35.1. The lowest BCUT2D eigenvalue weighted by atomic mass is 9.65. The molecule has 1 aromatic heterocycles. The Bertz CT molecular complexity index is 3640. The summed E-state index contributed by atoms with van der Waals surface area (Å²) in [6, 6.07) is 15.1. The van der Waals surface area contributed by atoms with Gasteiger partial charge in [-0.15, -0.1) is 5.54 Å². The number of amides is 5. The van der Waals surface area contributed by atoms with Gasteiger partial charge in [0.2, 0.25) is 5.91 Å². The normalized spacial score (nSPS) is 20.5. The van der Waals surface area contributed by atoms with Crippen LogP contribution in [0.15, 0.2) is 54.6 Å². The Morgan fingerprint density at radius 3 is 2.11 bits per heavy atom. The first-order valence-corrected chi connectivity index (χ1v) is 36.3. The van der Waals surface area contributed by atoms with E-state index in [9.17, 15) is 19.2 Å². The van der Waals surface area contributed by atoms with Crippen LogP contribution in [0.4, 0.5) is 29.9 Å². The summed E-state index contributed by atoms with van der Waals surface area (Å²) in [5.41, 5.74) is 7.27. The van der Waals surface area contributed by atoms with Crippen molar-refractivity contribution in [2.24, 2.45) is 17.3 Å². The molecule has 93 heavy (non-hydrogen) atoms. The third-order valence-electron chi connectivity index (χ3n) is 21.2. The number of methoxy groups -OCH3 is 1. The molecule has 5 saturated heterocycles. The van der Waals surface area contributed by atoms with Crippen LogP contribution in [0.25, 0.3) is 32.8 Å². The second-order valence-electron chi connectivity index (χ2n) is 29.5. The molecule has 3 unspecified atom stereocenters. The summed E-state index contributed by atoms with van der Waals surface area (Å²) in [4.78, 5) is 74.7. The molecule has 5 aliphatic heterocycles. The summed E-state index contributed by atoms with van der Waals surface area (Å²) in [7, 11) is -0.805. The van der Waals surface area contributed by atoms with Crippen molar-refractivity contribution >= 4 is 65.2 Å². The summed E-state index contributed by atoms with van der Waals surface area (Å²) in [6.45, 7) is 31.7. The zero-order valence-electron chi connectivity index (χ0n) is 56.9. The van der Waals surface area contributed by atoms with Crippen molar-refractivity contribution in [2.75, 3.05) is 102 Å². The first-order chi connectivity index (χ1) is 44.3. The number of urea groups is 1. The van der Waals surface area contributed by atoms with E-state index in [0.717, 1.165) is 83.6 Å². The average molecular weight is 1290 g/mol. The van der Waals surface area contributed by atoms with Crippen molar-refractivity contribution in [3.63, 3.8) is 0 Å². The zero-order chi connectivity index (χ0) is 66.3. The molecule has 1 N–H and O–H groups in total. The van der Waals surface area contributed by atoms with Crippen LogP contribution in [0, 0.1) is 47.3 Å². The number of aryl methyl sites for hydroxylation is 1. The number of piperazine rings is 2. The SMILES string of the molecule is COCOc1cc(-c2ccc3c(N4CC5CCC(C4)N5C(=O)OC(C)(C)C)nc(OCC(C)CN4CCN(CC5CCC6(CC5)CCN(C(=O)c5ccc(C)c(N7CCC(=O)NC7=O)c5)CC6)CC4)nc3c2F)c2c(C#C[Si](C(C)C)(C(C)C)C(C)C)c(F)ccc2c1. The molecule has 3 atom stereocenters. The number of imide groups is 1. The number of likely N-dealkylation sites (tertiary alicyclic amines) is 1. The number of piperidine rings is 1. The summed E-state index contributed by atoms with van der Waals surface area (Å²) in [5.74, 6) is 3.69. The van der Waals surface area contributed by atoms with Gasteiger partial charge in [-0.2, -0.15) is 9.97 Å². The highest BCUT2D eigenvalue weighted by atomic mass is 28.3. The van der Waals surface area contributed by atoms with E-state index in [2.05, 4.69) is 79.9 Å². The Morgan fingerprint density at radius 1 is 0.785 bits per heavy atom. The molecule has 5 amide bonds. The van der Waals surface area contributed by atoms with Crippen LogP contribution >= 0.6 is 0 Å². The van der Waals surface area contributed by atoms with Gasteiger partial charge in [-0.05, 0) is 160 Å². The van der Waals surface area contributed by atoms with Gasteiger partial charge in [0, 0.05) is 119 Å². The van der Waals surface area contributed by atoms with Gasteiger partial charge in [-0.25, -0.2) is 18.4 Å². The lowest BCUT2D eigenvalue weighted by Gasteiger charge is -2.47. The predicted molar refractivity (Wildman–Crippen MR) is 364 cm³/mol. The average Bonchev–Trinajstić information content (AvgIpc) is 1.43. The first-order valence-electron chi connectivity index (χ1n) is 34.1. The van der Waals surface area contributed by atoms with Crippen molar-refractivity contribution < 1.29 is 46.9 Å². The minimum atomic E-state index is -2.34. The largest absolute Gasteiger partial charge is 0.468 e. The standard InChI is InChI=1S/C73H97F2N9O8Si/c1-46(2)93(47(3)4,48(5)6)36-24-58-61(74)20-15-52-37-56(91-45-89-12)39-60(64(52)58)57-18-19-59-66(65(57)75)77-69(78-67(59)82-42-54-16-17-55(43-82)84(54)71(88)92-72(9,10)11)90-44-49(7)40-79-32-34-80(35-33-79)41-51-21-25-73(26-22-51)27-30-81(31-28-73)68(86)53-14-13-50(8)62(38-53)83-29-23-63(85)76-70(83)87/h13-15,18-20,37-39,46-49,51,54-55H,16-17,21-23,25-35,40-45H2,1-12H3,(H,76,85,87). The number of hydrogen-bond donors (Lipinski definition) is 1. The number of halogens is 2. The summed E-state index contributed by atoms with van der Waals surface area (Å²) < 4.78 is 58.8. The Kier molecular flexibility index (Phi) is 20.2. The third kappa shape index (κ3) is 14.4. The highest BCUT2D eigenvalue weighted by molar-refractivity contribution is 6.90. The number of hydrogen-bond acceptors (Lipinski definition) is 13. The van der Waals surface area contributed by atoms with Crippen LogP contribution in [0.1, 0.15) is 149 Å². The maximum absolute atomic E-state index is 18.3. The van der Waals surface area contributed by atoms with Crippen molar-refractivity contribution in [1.82, 2.24) is 34.9 Å². The van der Waals surface area contributed by atoms with Gasteiger partial charge >= 0.3 is 18.1 Å². The molecule has 1 spiro atoms. The number of rotatable bonds is 17. The predicted octanol–water partition coefficient (Wildman–Crippen LogP) is 13.4. The fraction of sp³-hybridized carbons (Fsp3) is 0.589. The van der Waals surface area contributed by atoms with Crippen molar-refractivity contribution in [3.8, 4) is 34.4 Å². The number of benzene rings is 4. The molecular weight excluding hydrogens is 1200 g/mol. The molecule has 4 aromatic carbocycles. The van der Waals surface area contributed by atoms with Gasteiger partial charge in [0.15, 0.2) is 12.6 Å². The number of nitrogens with zero attached hydrogens (tertiary/aromatic N) is 8. The molecule has 11 rings (SSSR count). The molecule has 6 aliphatic rings. The van der Waals surface area contributed by atoms with Gasteiger partial charge in [-0.3, -0.25) is 24.7 Å². The van der Waals surface area contributed by atoms with Gasteiger partial charge in [0.05, 0.1) is 24.3 Å². The lowest BCUT2D eigenvalue weighted by molar-refractivity contribution is -0.120. The van der Waals surface area contributed by atoms with Crippen molar-refractivity contribution in [1.29, 1.82) is 0 Å². The molecule has 6 heterocycles. The number of ether oxygens (including phenoxy) is 4. The summed E-state index contributed by atoms with van der Waals surface area (Å²) >= 11 is 0. The molecule has 6 fully saturated rings. The molecule has 500 valence electrons. The van der Waals surface area contributed by atoms with E-state index >= 15 is 8.78 Å². The molecule has 2 bridgehead atoms. The van der Waals surface area contributed by atoms with E-state index in [0.29, 0.717) is 93.3 Å². The molecule has 20 heteroatoms. The molecule has 17 nitrogen and oxygen atoms in total. The van der Waals surface area contributed by atoms with Crippen LogP contribution in [0.5, 0.6) is 11.8 Å². The topological polar surface area (TPSA) is 162 Å².